The van der Waals surface area contributed by atoms with Crippen molar-refractivity contribution in [2.75, 3.05) is 55.6 Å². The zero-order valence-electron chi connectivity index (χ0n) is 33.4. The molecule has 0 bridgehead atoms. The monoisotopic (exact) mass is 718 g/mol. The number of nitrogens with zero attached hydrogens (tertiary/aromatic N) is 2. The van der Waals surface area contributed by atoms with Crippen LogP contribution in [0.25, 0.3) is 0 Å². The van der Waals surface area contributed by atoms with E-state index in [1.54, 1.807) is 21.3 Å². The van der Waals surface area contributed by atoms with Crippen molar-refractivity contribution in [3.63, 3.8) is 0 Å². The highest BCUT2D eigenvalue weighted by molar-refractivity contribution is 5.69. The lowest BCUT2D eigenvalue weighted by Gasteiger charge is -2.50. The average molecular weight is 719 g/mol. The van der Waals surface area contributed by atoms with Crippen molar-refractivity contribution in [3.05, 3.63) is 40.5 Å². The summed E-state index contributed by atoms with van der Waals surface area (Å²) in [5.41, 5.74) is 4.09. The molecule has 2 saturated heterocycles. The van der Waals surface area contributed by atoms with Crippen LogP contribution in [0.15, 0.2) is 18.2 Å². The van der Waals surface area contributed by atoms with Crippen molar-refractivity contribution in [2.24, 2.45) is 47.3 Å². The number of hydrogen-bond donors (Lipinski definition) is 0. The Morgan fingerprint density at radius 3 is 1.79 bits per heavy atom. The van der Waals surface area contributed by atoms with E-state index < -0.39 is 12.2 Å². The van der Waals surface area contributed by atoms with Gasteiger partial charge in [0.15, 0.2) is 17.6 Å². The molecule has 4 fully saturated rings. The maximum atomic E-state index is 12.8. The van der Waals surface area contributed by atoms with Gasteiger partial charge in [0.1, 0.15) is 23.4 Å². The molecule has 9 heteroatoms. The first-order valence-corrected chi connectivity index (χ1v) is 19.7. The van der Waals surface area contributed by atoms with Crippen LogP contribution < -0.4 is 23.7 Å². The molecule has 0 radical (unpaired) electrons. The highest BCUT2D eigenvalue weighted by Gasteiger charge is 2.54. The molecule has 10 unspecified atom stereocenters. The van der Waals surface area contributed by atoms with Gasteiger partial charge in [0.2, 0.25) is 0 Å². The van der Waals surface area contributed by atoms with Crippen molar-refractivity contribution in [1.82, 2.24) is 9.80 Å². The Labute approximate surface area is 311 Å². The summed E-state index contributed by atoms with van der Waals surface area (Å²) in [4.78, 5) is 17.9. The Hall–Kier alpha value is -3.17. The third-order valence-corrected chi connectivity index (χ3v) is 14.1. The molecule has 2 aromatic carbocycles. The molecule has 0 spiro atoms. The van der Waals surface area contributed by atoms with E-state index in [2.05, 4.69) is 51.6 Å². The highest BCUT2D eigenvalue weighted by Crippen LogP contribution is 2.63. The Bertz CT molecular complexity index is 1650. The van der Waals surface area contributed by atoms with E-state index in [1.807, 2.05) is 25.3 Å². The zero-order chi connectivity index (χ0) is 37.2. The SMILES string of the molecule is COc1ccc([C@H]2Oc3c(c(OC)c(C4C5C(C)CCC5C(C)CN4C)c(OC)c3C3C4C(C)CCC4C(C)CN3C)C[C@@H]2OC(C)=O)cc1OC. The minimum absolute atomic E-state index is 0.0907. The van der Waals surface area contributed by atoms with Crippen LogP contribution in [0.2, 0.25) is 0 Å². The van der Waals surface area contributed by atoms with Gasteiger partial charge in [-0.2, -0.15) is 0 Å². The van der Waals surface area contributed by atoms with E-state index in [-0.39, 0.29) is 18.1 Å². The number of hydrogen-bond acceptors (Lipinski definition) is 9. The molecule has 0 N–H and O–H groups in total. The smallest absolute Gasteiger partial charge is 0.303 e. The Morgan fingerprint density at radius 2 is 1.27 bits per heavy atom. The summed E-state index contributed by atoms with van der Waals surface area (Å²) in [7, 11) is 11.5. The predicted molar refractivity (Wildman–Crippen MR) is 202 cm³/mol. The number of ether oxygens (including phenoxy) is 6. The molecule has 7 rings (SSSR count). The third kappa shape index (κ3) is 6.02. The number of fused-ring (bicyclic) bond motifs is 3. The molecule has 9 nitrogen and oxygen atoms in total. The van der Waals surface area contributed by atoms with Crippen molar-refractivity contribution in [1.29, 1.82) is 0 Å². The van der Waals surface area contributed by atoms with Crippen LogP contribution >= 0.6 is 0 Å². The number of benzene rings is 2. The quantitative estimate of drug-likeness (QED) is 0.253. The summed E-state index contributed by atoms with van der Waals surface area (Å²) in [5, 5.41) is 0. The van der Waals surface area contributed by atoms with Gasteiger partial charge in [-0.3, -0.25) is 14.6 Å². The van der Waals surface area contributed by atoms with E-state index in [0.717, 1.165) is 52.6 Å². The summed E-state index contributed by atoms with van der Waals surface area (Å²) in [6.07, 6.45) is 4.25. The summed E-state index contributed by atoms with van der Waals surface area (Å²) in [6, 6.07) is 6.03. The predicted octanol–water partition coefficient (Wildman–Crippen LogP) is 7.90. The lowest BCUT2D eigenvalue weighted by Crippen LogP contribution is -2.47. The second kappa shape index (κ2) is 14.6. The third-order valence-electron chi connectivity index (χ3n) is 14.1. The fraction of sp³-hybridized carbons (Fsp3) is 0.698. The van der Waals surface area contributed by atoms with E-state index in [0.29, 0.717) is 65.3 Å². The first-order chi connectivity index (χ1) is 24.9. The van der Waals surface area contributed by atoms with Crippen LogP contribution in [0.3, 0.4) is 0 Å². The topological polar surface area (TPSA) is 78.9 Å². The summed E-state index contributed by atoms with van der Waals surface area (Å²) >= 11 is 0. The number of esters is 1. The number of carbonyl (C=O) groups is 1. The molecule has 2 saturated carbocycles. The van der Waals surface area contributed by atoms with Crippen LogP contribution in [-0.2, 0) is 16.0 Å². The largest absolute Gasteiger partial charge is 0.496 e. The maximum Gasteiger partial charge on any atom is 0.303 e. The molecule has 3 aliphatic heterocycles. The minimum atomic E-state index is -0.587. The molecular weight excluding hydrogens is 656 g/mol. The van der Waals surface area contributed by atoms with Crippen molar-refractivity contribution in [2.45, 2.75) is 91.0 Å². The molecule has 3 heterocycles. The van der Waals surface area contributed by atoms with E-state index in [9.17, 15) is 4.79 Å². The normalized spacial score (nSPS) is 35.9. The summed E-state index contributed by atoms with van der Waals surface area (Å²) < 4.78 is 38.2. The van der Waals surface area contributed by atoms with Gasteiger partial charge in [-0.15, -0.1) is 0 Å². The number of carbonyl (C=O) groups excluding carboxylic acids is 1. The first kappa shape index (κ1) is 37.2. The fourth-order valence-electron chi connectivity index (χ4n) is 12.0. The molecule has 52 heavy (non-hydrogen) atoms. The Morgan fingerprint density at radius 1 is 0.712 bits per heavy atom. The van der Waals surface area contributed by atoms with Gasteiger partial charge < -0.3 is 28.4 Å². The second-order valence-corrected chi connectivity index (χ2v) is 17.0. The molecule has 12 atom stereocenters. The van der Waals surface area contributed by atoms with Crippen LogP contribution in [-0.4, -0.2) is 77.5 Å². The van der Waals surface area contributed by atoms with Gasteiger partial charge in [0.25, 0.3) is 0 Å². The van der Waals surface area contributed by atoms with Gasteiger partial charge in [0.05, 0.1) is 39.6 Å². The summed E-state index contributed by atoms with van der Waals surface area (Å²) in [6.45, 7) is 13.3. The number of piperidine rings is 2. The number of rotatable bonds is 8. The average Bonchev–Trinajstić information content (AvgIpc) is 3.70. The van der Waals surface area contributed by atoms with Crippen molar-refractivity contribution >= 4 is 5.97 Å². The Balaban J connectivity index is 1.50. The van der Waals surface area contributed by atoms with Gasteiger partial charge in [0, 0.05) is 49.6 Å². The second-order valence-electron chi connectivity index (χ2n) is 17.0. The van der Waals surface area contributed by atoms with E-state index in [4.69, 9.17) is 28.4 Å². The van der Waals surface area contributed by atoms with E-state index in [1.165, 1.54) is 32.6 Å². The van der Waals surface area contributed by atoms with Gasteiger partial charge in [-0.25, -0.2) is 0 Å². The van der Waals surface area contributed by atoms with Crippen LogP contribution in [0.1, 0.15) is 101 Å². The highest BCUT2D eigenvalue weighted by atomic mass is 16.6. The molecule has 2 aliphatic carbocycles. The zero-order valence-corrected chi connectivity index (χ0v) is 33.4. The molecular formula is C43H62N2O7. The molecule has 2 aromatic rings. The fourth-order valence-corrected chi connectivity index (χ4v) is 12.0. The molecule has 286 valence electrons. The summed E-state index contributed by atoms with van der Waals surface area (Å²) in [5.74, 6) is 7.95. The lowest BCUT2D eigenvalue weighted by molar-refractivity contribution is -0.152. The van der Waals surface area contributed by atoms with Crippen LogP contribution in [0.4, 0.5) is 0 Å². The molecule has 0 aromatic heterocycles. The van der Waals surface area contributed by atoms with Gasteiger partial charge in [-0.05, 0) is 86.4 Å². The minimum Gasteiger partial charge on any atom is -0.496 e. The molecule has 5 aliphatic rings. The first-order valence-electron chi connectivity index (χ1n) is 19.7. The van der Waals surface area contributed by atoms with Crippen molar-refractivity contribution < 1.29 is 33.2 Å². The number of likely N-dealkylation sites (tertiary alicyclic amines) is 2. The standard InChI is InChI=1S/C43H62N2O7/c1-22-12-15-28-24(3)20-44(6)38(34(22)28)36-41(49-10)30-19-33(51-26(5)46)40(27-14-17-31(47-8)32(18-27)48-9)52-42(30)37(43(36)50-11)39-35-23(2)13-16-29(35)25(4)21-45(39)7/h14,17-18,22-25,28-29,33-35,38-40H,12-13,15-16,19-21H2,1-11H3/t22?,23?,24?,25?,28?,29?,33-,34?,35?,38?,39?,40+/m0/s1. The van der Waals surface area contributed by atoms with Crippen molar-refractivity contribution in [3.8, 4) is 28.7 Å². The van der Waals surface area contributed by atoms with Gasteiger partial charge >= 0.3 is 5.97 Å². The van der Waals surface area contributed by atoms with Gasteiger partial charge in [-0.1, -0.05) is 46.6 Å². The maximum absolute atomic E-state index is 12.8. The Kier molecular flexibility index (Phi) is 10.4. The number of methoxy groups -OCH3 is 4. The van der Waals surface area contributed by atoms with Crippen LogP contribution in [0, 0.1) is 47.3 Å². The lowest BCUT2D eigenvalue weighted by atomic mass is 9.68. The van der Waals surface area contributed by atoms with Crippen LogP contribution in [0.5, 0.6) is 28.7 Å². The van der Waals surface area contributed by atoms with E-state index >= 15 is 0 Å². The molecule has 0 amide bonds.